The van der Waals surface area contributed by atoms with E-state index < -0.39 is 5.67 Å². The number of alkyl halides is 1. The maximum Gasteiger partial charge on any atom is 0.236 e. The first-order valence-corrected chi connectivity index (χ1v) is 15.1. The van der Waals surface area contributed by atoms with Gasteiger partial charge in [0.25, 0.3) is 0 Å². The molecule has 0 aliphatic carbocycles. The standard InChI is InChI=1S/C37H34FN9/c1-39-25-13-4-7-16-28(25)42-34-22-10-19-31(45-34)37(38,32-20-11-23-35(46-32)43-29-17-8-5-14-26(29)40-2)33-21-12-24-36(47-33)44-30-18-9-6-15-27(30)41-3/h4-5,7-8,10-24,39-41H,1-3H3,(H,42,45)(H,43,46)(H,44,47). The average Bonchev–Trinajstić information content (AvgIpc) is 3.12. The van der Waals surface area contributed by atoms with E-state index in [0.717, 1.165) is 34.1 Å². The summed E-state index contributed by atoms with van der Waals surface area (Å²) >= 11 is 0. The molecule has 0 saturated heterocycles. The van der Waals surface area contributed by atoms with Crippen LogP contribution in [0.2, 0.25) is 0 Å². The molecular formula is C37H34FN9. The van der Waals surface area contributed by atoms with Crippen LogP contribution in [0, 0.1) is 12.1 Å². The van der Waals surface area contributed by atoms with E-state index in [9.17, 15) is 0 Å². The van der Waals surface area contributed by atoms with Gasteiger partial charge in [-0.15, -0.1) is 0 Å². The minimum atomic E-state index is -2.35. The maximum absolute atomic E-state index is 18.3. The molecule has 9 nitrogen and oxygen atoms in total. The number of hydrogen-bond donors (Lipinski definition) is 6. The summed E-state index contributed by atoms with van der Waals surface area (Å²) in [4.78, 5) is 14.3. The van der Waals surface area contributed by atoms with Gasteiger partial charge in [0.15, 0.2) is 0 Å². The number of para-hydroxylation sites is 4. The molecule has 0 aliphatic heterocycles. The Hall–Kier alpha value is -6.34. The summed E-state index contributed by atoms with van der Waals surface area (Å²) < 4.78 is 18.3. The van der Waals surface area contributed by atoms with E-state index in [-0.39, 0.29) is 17.1 Å². The number of nitrogens with one attached hydrogen (secondary N) is 6. The monoisotopic (exact) mass is 623 g/mol. The summed E-state index contributed by atoms with van der Waals surface area (Å²) in [6.45, 7) is 0. The number of pyridine rings is 3. The molecule has 0 atom stereocenters. The van der Waals surface area contributed by atoms with Crippen LogP contribution in [0.3, 0.4) is 0 Å². The van der Waals surface area contributed by atoms with Crippen LogP contribution >= 0.6 is 0 Å². The summed E-state index contributed by atoms with van der Waals surface area (Å²) in [6.07, 6.45) is 0. The van der Waals surface area contributed by atoms with Crippen LogP contribution in [-0.2, 0) is 5.67 Å². The van der Waals surface area contributed by atoms with Crippen molar-refractivity contribution in [3.63, 3.8) is 0 Å². The molecule has 0 aliphatic rings. The summed E-state index contributed by atoms with van der Waals surface area (Å²) in [5.41, 5.74) is 2.89. The van der Waals surface area contributed by atoms with E-state index in [0.29, 0.717) is 17.5 Å². The lowest BCUT2D eigenvalue weighted by atomic mass is 9.91. The van der Waals surface area contributed by atoms with Gasteiger partial charge in [0.1, 0.15) is 17.5 Å². The van der Waals surface area contributed by atoms with E-state index in [2.05, 4.69) is 44.0 Å². The van der Waals surface area contributed by atoms with Gasteiger partial charge in [-0.25, -0.2) is 19.3 Å². The highest BCUT2D eigenvalue weighted by molar-refractivity contribution is 5.75. The van der Waals surface area contributed by atoms with Crippen molar-refractivity contribution in [2.45, 2.75) is 5.67 Å². The van der Waals surface area contributed by atoms with Gasteiger partial charge in [0.2, 0.25) is 5.67 Å². The predicted molar refractivity (Wildman–Crippen MR) is 189 cm³/mol. The van der Waals surface area contributed by atoms with Crippen molar-refractivity contribution in [3.05, 3.63) is 144 Å². The summed E-state index contributed by atoms with van der Waals surface area (Å²) in [7, 11) is 5.50. The second-order valence-electron chi connectivity index (χ2n) is 10.5. The smallest absolute Gasteiger partial charge is 0.236 e. The Labute approximate surface area is 273 Å². The third-order valence-corrected chi connectivity index (χ3v) is 7.56. The first kappa shape index (κ1) is 30.7. The van der Waals surface area contributed by atoms with Crippen molar-refractivity contribution in [3.8, 4) is 0 Å². The summed E-state index contributed by atoms with van der Waals surface area (Å²) in [6, 6.07) is 40.5. The Morgan fingerprint density at radius 3 is 1.21 bits per heavy atom. The molecule has 3 aromatic carbocycles. The first-order chi connectivity index (χ1) is 23.0. The average molecular weight is 624 g/mol. The van der Waals surface area contributed by atoms with Crippen molar-refractivity contribution in [2.75, 3.05) is 53.0 Å². The number of anilines is 9. The van der Waals surface area contributed by atoms with Crippen molar-refractivity contribution >= 4 is 51.6 Å². The Morgan fingerprint density at radius 1 is 0.447 bits per heavy atom. The highest BCUT2D eigenvalue weighted by Crippen LogP contribution is 2.40. The number of hydrogen-bond acceptors (Lipinski definition) is 9. The van der Waals surface area contributed by atoms with Gasteiger partial charge in [-0.05, 0) is 60.7 Å². The van der Waals surface area contributed by atoms with Crippen molar-refractivity contribution < 1.29 is 4.39 Å². The second kappa shape index (κ2) is 13.7. The largest absolute Gasteiger partial charge is 0.386 e. The number of nitrogens with zero attached hydrogens (tertiary/aromatic N) is 3. The molecule has 3 aromatic heterocycles. The third kappa shape index (κ3) is 6.55. The molecule has 0 unspecified atom stereocenters. The minimum Gasteiger partial charge on any atom is -0.386 e. The summed E-state index contributed by atoms with van der Waals surface area (Å²) in [5, 5.41) is 19.4. The molecule has 0 spiro atoms. The van der Waals surface area contributed by atoms with Gasteiger partial charge in [0, 0.05) is 33.3 Å². The number of halogens is 1. The molecule has 10 heteroatoms. The van der Waals surface area contributed by atoms with Gasteiger partial charge in [-0.3, -0.25) is 0 Å². The van der Waals surface area contributed by atoms with Crippen LogP contribution in [-0.4, -0.2) is 36.1 Å². The molecule has 0 bridgehead atoms. The topological polar surface area (TPSA) is 111 Å². The SMILES string of the molecule is CNc1cc#ccc1Nc1cccc(C(F)(c2cccc(Nc3ccccc3NC)n2)c2cccc(Nc3ccccc3NC)n2)n1. The fourth-order valence-corrected chi connectivity index (χ4v) is 5.21. The second-order valence-corrected chi connectivity index (χ2v) is 10.5. The zero-order valence-corrected chi connectivity index (χ0v) is 26.2. The summed E-state index contributed by atoms with van der Waals surface area (Å²) in [5.74, 6) is 1.37. The van der Waals surface area contributed by atoms with E-state index >= 15 is 4.39 Å². The Bertz CT molecular complexity index is 1760. The fraction of sp³-hybridized carbons (Fsp3) is 0.108. The maximum atomic E-state index is 18.3. The minimum absolute atomic E-state index is 0.112. The predicted octanol–water partition coefficient (Wildman–Crippen LogP) is 8.09. The van der Waals surface area contributed by atoms with Crippen molar-refractivity contribution in [2.24, 2.45) is 0 Å². The lowest BCUT2D eigenvalue weighted by Crippen LogP contribution is -2.28. The zero-order chi connectivity index (χ0) is 32.6. The van der Waals surface area contributed by atoms with Crippen LogP contribution in [0.5, 0.6) is 0 Å². The van der Waals surface area contributed by atoms with Crippen molar-refractivity contribution in [1.29, 1.82) is 0 Å². The Morgan fingerprint density at radius 2 is 0.809 bits per heavy atom. The van der Waals surface area contributed by atoms with Crippen LogP contribution < -0.4 is 31.9 Å². The molecule has 6 N–H and O–H groups in total. The number of aromatic nitrogens is 3. The van der Waals surface area contributed by atoms with Crippen LogP contribution in [0.15, 0.2) is 115 Å². The molecule has 47 heavy (non-hydrogen) atoms. The van der Waals surface area contributed by atoms with Crippen LogP contribution in [0.1, 0.15) is 17.1 Å². The van der Waals surface area contributed by atoms with Crippen LogP contribution in [0.25, 0.3) is 0 Å². The third-order valence-electron chi connectivity index (χ3n) is 7.56. The lowest BCUT2D eigenvalue weighted by molar-refractivity contribution is 0.259. The fourth-order valence-electron chi connectivity index (χ4n) is 5.21. The molecule has 6 aromatic rings. The zero-order valence-electron chi connectivity index (χ0n) is 26.2. The lowest BCUT2D eigenvalue weighted by Gasteiger charge is -2.26. The van der Waals surface area contributed by atoms with Crippen LogP contribution in [0.4, 0.5) is 56.0 Å². The molecule has 0 radical (unpaired) electrons. The quantitative estimate of drug-likeness (QED) is 0.0806. The van der Waals surface area contributed by atoms with E-state index in [1.54, 1.807) is 66.7 Å². The molecular weight excluding hydrogens is 589 g/mol. The molecule has 6 rings (SSSR count). The van der Waals surface area contributed by atoms with Gasteiger partial charge in [-0.2, -0.15) is 0 Å². The van der Waals surface area contributed by atoms with E-state index in [1.807, 2.05) is 69.7 Å². The highest BCUT2D eigenvalue weighted by Gasteiger charge is 2.42. The number of rotatable bonds is 12. The Balaban J connectivity index is 1.45. The van der Waals surface area contributed by atoms with E-state index in [1.165, 1.54) is 0 Å². The van der Waals surface area contributed by atoms with Gasteiger partial charge >= 0.3 is 0 Å². The molecule has 234 valence electrons. The molecule has 3 heterocycles. The Kier molecular flexibility index (Phi) is 8.97. The van der Waals surface area contributed by atoms with E-state index in [4.69, 9.17) is 15.0 Å². The van der Waals surface area contributed by atoms with Gasteiger partial charge < -0.3 is 31.9 Å². The molecule has 0 amide bonds. The number of benzene rings is 2. The first-order valence-electron chi connectivity index (χ1n) is 15.1. The normalized spacial score (nSPS) is 10.8. The van der Waals surface area contributed by atoms with Gasteiger partial charge in [-0.1, -0.05) is 54.6 Å². The van der Waals surface area contributed by atoms with Crippen molar-refractivity contribution in [1.82, 2.24) is 15.0 Å². The molecule has 0 saturated carbocycles. The van der Waals surface area contributed by atoms with Gasteiger partial charge in [0.05, 0.1) is 51.2 Å². The highest BCUT2D eigenvalue weighted by atomic mass is 19.1. The molecule has 0 fully saturated rings.